The summed E-state index contributed by atoms with van der Waals surface area (Å²) in [6.07, 6.45) is 2.92. The Kier molecular flexibility index (Phi) is 5.95. The number of methoxy groups -OCH3 is 2. The number of rotatable bonds is 6. The molecule has 2 aliphatic heterocycles. The number of amides is 1. The number of pyridine rings is 1. The summed E-state index contributed by atoms with van der Waals surface area (Å²) in [7, 11) is 3.29. The number of benzene rings is 1. The second-order valence-electron chi connectivity index (χ2n) is 8.49. The van der Waals surface area contributed by atoms with E-state index in [0.29, 0.717) is 18.0 Å². The fourth-order valence-corrected chi connectivity index (χ4v) is 4.98. The van der Waals surface area contributed by atoms with E-state index in [9.17, 15) is 4.79 Å². The molecule has 160 valence electrons. The van der Waals surface area contributed by atoms with E-state index in [0.717, 1.165) is 62.4 Å². The summed E-state index contributed by atoms with van der Waals surface area (Å²) >= 11 is 0. The smallest absolute Gasteiger partial charge is 0.230 e. The minimum absolute atomic E-state index is 0.270. The summed E-state index contributed by atoms with van der Waals surface area (Å²) in [5.74, 6) is 1.69. The minimum atomic E-state index is -0.270. The Morgan fingerprint density at radius 3 is 2.63 bits per heavy atom. The summed E-state index contributed by atoms with van der Waals surface area (Å²) < 4.78 is 11.0. The number of carbonyl (C=O) groups excluding carboxylic acids is 1. The molecular formula is C24H31N3O3. The first kappa shape index (κ1) is 20.7. The quantitative estimate of drug-likeness (QED) is 0.732. The fourth-order valence-electron chi connectivity index (χ4n) is 4.98. The van der Waals surface area contributed by atoms with Crippen LogP contribution in [0, 0.1) is 12.3 Å². The molecule has 2 fully saturated rings. The molecule has 1 atom stereocenters. The number of likely N-dealkylation sites (tertiary alicyclic amines) is 2. The normalized spacial score (nSPS) is 22.0. The van der Waals surface area contributed by atoms with Gasteiger partial charge in [-0.15, -0.1) is 0 Å². The highest BCUT2D eigenvalue weighted by Crippen LogP contribution is 2.41. The van der Waals surface area contributed by atoms with Crippen LogP contribution in [0.15, 0.2) is 36.4 Å². The number of nitrogens with zero attached hydrogens (tertiary/aromatic N) is 3. The third kappa shape index (κ3) is 4.01. The molecule has 0 N–H and O–H groups in total. The summed E-state index contributed by atoms with van der Waals surface area (Å²) in [6, 6.07) is 12.0. The first-order valence-electron chi connectivity index (χ1n) is 10.7. The number of carbonyl (C=O) groups is 1. The topological polar surface area (TPSA) is 54.9 Å². The van der Waals surface area contributed by atoms with Crippen molar-refractivity contribution < 1.29 is 14.3 Å². The molecule has 2 saturated heterocycles. The lowest BCUT2D eigenvalue weighted by Crippen LogP contribution is -2.49. The molecule has 30 heavy (non-hydrogen) atoms. The van der Waals surface area contributed by atoms with Crippen LogP contribution in [0.3, 0.4) is 0 Å². The van der Waals surface area contributed by atoms with Crippen molar-refractivity contribution in [3.05, 3.63) is 53.3 Å². The van der Waals surface area contributed by atoms with E-state index in [2.05, 4.69) is 22.0 Å². The molecule has 0 radical (unpaired) electrons. The van der Waals surface area contributed by atoms with Crippen LogP contribution in [0.25, 0.3) is 0 Å². The average Bonchev–Trinajstić information content (AvgIpc) is 3.14. The number of ether oxygens (including phenoxy) is 2. The number of piperidine rings is 1. The van der Waals surface area contributed by atoms with E-state index in [1.54, 1.807) is 14.2 Å². The maximum atomic E-state index is 13.6. The van der Waals surface area contributed by atoms with Gasteiger partial charge in [-0.3, -0.25) is 14.7 Å². The van der Waals surface area contributed by atoms with Crippen molar-refractivity contribution in [2.45, 2.75) is 39.3 Å². The molecule has 0 aliphatic carbocycles. The predicted molar refractivity (Wildman–Crippen MR) is 115 cm³/mol. The van der Waals surface area contributed by atoms with Gasteiger partial charge in [0.25, 0.3) is 0 Å². The highest BCUT2D eigenvalue weighted by atomic mass is 16.5. The van der Waals surface area contributed by atoms with Crippen LogP contribution < -0.4 is 9.47 Å². The van der Waals surface area contributed by atoms with E-state index in [1.165, 1.54) is 0 Å². The molecule has 0 saturated carbocycles. The maximum absolute atomic E-state index is 13.6. The van der Waals surface area contributed by atoms with E-state index in [-0.39, 0.29) is 11.3 Å². The van der Waals surface area contributed by atoms with Gasteiger partial charge in [0.05, 0.1) is 25.3 Å². The van der Waals surface area contributed by atoms with Gasteiger partial charge in [-0.05, 0) is 50.9 Å². The fraction of sp³-hybridized carbons (Fsp3) is 0.500. The zero-order valence-corrected chi connectivity index (χ0v) is 18.2. The number of aryl methyl sites for hydroxylation is 1. The molecule has 1 amide bonds. The van der Waals surface area contributed by atoms with Gasteiger partial charge >= 0.3 is 0 Å². The number of hydrogen-bond acceptors (Lipinski definition) is 5. The van der Waals surface area contributed by atoms with Crippen molar-refractivity contribution in [2.24, 2.45) is 5.41 Å². The van der Waals surface area contributed by atoms with E-state index in [4.69, 9.17) is 9.47 Å². The first-order valence-corrected chi connectivity index (χ1v) is 10.7. The SMILES string of the molecule is COc1cccc(CN2CCC[C@]3(CCN(Cc4cccc(C)n4)C3)C2=O)c1OC. The lowest BCUT2D eigenvalue weighted by Gasteiger charge is -2.39. The highest BCUT2D eigenvalue weighted by Gasteiger charge is 2.48. The van der Waals surface area contributed by atoms with Crippen molar-refractivity contribution >= 4 is 5.91 Å². The standard InChI is InChI=1S/C24H31N3O3/c1-18-7-4-9-20(25-18)16-26-14-12-24(17-26)11-6-13-27(23(24)28)15-19-8-5-10-21(29-2)22(19)30-3/h4-5,7-10H,6,11-17H2,1-3H3/t24-/m1/s1. The summed E-state index contributed by atoms with van der Waals surface area (Å²) in [5, 5.41) is 0. The maximum Gasteiger partial charge on any atom is 0.230 e. The first-order chi connectivity index (χ1) is 14.5. The Balaban J connectivity index is 1.47. The molecule has 3 heterocycles. The van der Waals surface area contributed by atoms with E-state index >= 15 is 0 Å². The van der Waals surface area contributed by atoms with Crippen molar-refractivity contribution in [3.8, 4) is 11.5 Å². The van der Waals surface area contributed by atoms with Crippen molar-refractivity contribution in [1.29, 1.82) is 0 Å². The van der Waals surface area contributed by atoms with Crippen LogP contribution in [-0.2, 0) is 17.9 Å². The van der Waals surface area contributed by atoms with Crippen molar-refractivity contribution in [3.63, 3.8) is 0 Å². The number of para-hydroxylation sites is 1. The van der Waals surface area contributed by atoms with E-state index in [1.807, 2.05) is 36.1 Å². The van der Waals surface area contributed by atoms with Gasteiger partial charge in [-0.2, -0.15) is 0 Å². The molecule has 1 aromatic carbocycles. The van der Waals surface area contributed by atoms with Gasteiger partial charge in [-0.25, -0.2) is 0 Å². The van der Waals surface area contributed by atoms with Crippen LogP contribution >= 0.6 is 0 Å². The Morgan fingerprint density at radius 1 is 1.03 bits per heavy atom. The van der Waals surface area contributed by atoms with Crippen molar-refractivity contribution in [1.82, 2.24) is 14.8 Å². The predicted octanol–water partition coefficient (Wildman–Crippen LogP) is 3.42. The number of hydrogen-bond donors (Lipinski definition) is 0. The van der Waals surface area contributed by atoms with Gasteiger partial charge in [-0.1, -0.05) is 18.2 Å². The third-order valence-corrected chi connectivity index (χ3v) is 6.43. The van der Waals surface area contributed by atoms with Crippen LogP contribution in [0.4, 0.5) is 0 Å². The Bertz CT molecular complexity index is 916. The van der Waals surface area contributed by atoms with Crippen LogP contribution in [0.1, 0.15) is 36.2 Å². The zero-order chi connectivity index (χ0) is 21.1. The van der Waals surface area contributed by atoms with Gasteiger partial charge in [0.15, 0.2) is 11.5 Å². The monoisotopic (exact) mass is 409 g/mol. The largest absolute Gasteiger partial charge is 0.493 e. The van der Waals surface area contributed by atoms with Gasteiger partial charge < -0.3 is 14.4 Å². The molecular weight excluding hydrogens is 378 g/mol. The molecule has 0 bridgehead atoms. The van der Waals surface area contributed by atoms with Crippen LogP contribution in [0.2, 0.25) is 0 Å². The second kappa shape index (κ2) is 8.64. The summed E-state index contributed by atoms with van der Waals surface area (Å²) in [6.45, 7) is 5.93. The third-order valence-electron chi connectivity index (χ3n) is 6.43. The van der Waals surface area contributed by atoms with Crippen molar-refractivity contribution in [2.75, 3.05) is 33.9 Å². The molecule has 0 unspecified atom stereocenters. The Morgan fingerprint density at radius 2 is 1.87 bits per heavy atom. The van der Waals surface area contributed by atoms with Crippen LogP contribution in [0.5, 0.6) is 11.5 Å². The summed E-state index contributed by atoms with van der Waals surface area (Å²) in [4.78, 5) is 22.6. The highest BCUT2D eigenvalue weighted by molar-refractivity contribution is 5.84. The van der Waals surface area contributed by atoms with Gasteiger partial charge in [0.2, 0.25) is 5.91 Å². The second-order valence-corrected chi connectivity index (χ2v) is 8.49. The molecule has 1 spiro atoms. The minimum Gasteiger partial charge on any atom is -0.493 e. The Labute approximate surface area is 178 Å². The lowest BCUT2D eigenvalue weighted by molar-refractivity contribution is -0.146. The molecule has 6 heteroatoms. The molecule has 1 aromatic heterocycles. The molecule has 2 aliphatic rings. The molecule has 2 aromatic rings. The van der Waals surface area contributed by atoms with E-state index < -0.39 is 0 Å². The molecule has 4 rings (SSSR count). The van der Waals surface area contributed by atoms with Crippen LogP contribution in [-0.4, -0.2) is 54.5 Å². The zero-order valence-electron chi connectivity index (χ0n) is 18.2. The molecule has 6 nitrogen and oxygen atoms in total. The van der Waals surface area contributed by atoms with Gasteiger partial charge in [0, 0.05) is 37.4 Å². The number of aromatic nitrogens is 1. The van der Waals surface area contributed by atoms with Gasteiger partial charge in [0.1, 0.15) is 0 Å². The Hall–Kier alpha value is -2.60. The lowest BCUT2D eigenvalue weighted by atomic mass is 9.78. The average molecular weight is 410 g/mol. The summed E-state index contributed by atoms with van der Waals surface area (Å²) in [5.41, 5.74) is 2.83.